The molecular weight excluding hydrogens is 236 g/mol. The highest BCUT2D eigenvalue weighted by atomic mass is 35.5. The van der Waals surface area contributed by atoms with Crippen molar-refractivity contribution in [3.63, 3.8) is 0 Å². The van der Waals surface area contributed by atoms with Crippen LogP contribution < -0.4 is 4.74 Å². The molecule has 0 aromatic carbocycles. The molecule has 3 nitrogen and oxygen atoms in total. The standard InChI is InChI=1S/C13H19ClN2O/c1-8(2)6-7-17-13-9(3)11(14)15-12(16-13)10-4-5-10/h8,10H,4-7H2,1-3H3. The van der Waals surface area contributed by atoms with E-state index in [2.05, 4.69) is 23.8 Å². The summed E-state index contributed by atoms with van der Waals surface area (Å²) >= 11 is 6.10. The van der Waals surface area contributed by atoms with Crippen molar-refractivity contribution in [1.29, 1.82) is 0 Å². The Balaban J connectivity index is 2.08. The SMILES string of the molecule is Cc1c(Cl)nc(C2CC2)nc1OCCC(C)C. The molecule has 0 atom stereocenters. The maximum Gasteiger partial charge on any atom is 0.221 e. The van der Waals surface area contributed by atoms with Crippen LogP contribution in [-0.2, 0) is 0 Å². The highest BCUT2D eigenvalue weighted by molar-refractivity contribution is 6.30. The third kappa shape index (κ3) is 3.32. The molecule has 1 fully saturated rings. The van der Waals surface area contributed by atoms with Gasteiger partial charge in [0.05, 0.1) is 6.61 Å². The predicted octanol–water partition coefficient (Wildman–Crippen LogP) is 3.74. The van der Waals surface area contributed by atoms with Gasteiger partial charge in [0.1, 0.15) is 11.0 Å². The van der Waals surface area contributed by atoms with Gasteiger partial charge in [-0.3, -0.25) is 0 Å². The average Bonchev–Trinajstić information content (AvgIpc) is 3.07. The molecule has 1 heterocycles. The van der Waals surface area contributed by atoms with E-state index in [-0.39, 0.29) is 0 Å². The molecule has 0 unspecified atom stereocenters. The molecule has 1 aromatic heterocycles. The third-order valence-electron chi connectivity index (χ3n) is 2.94. The maximum absolute atomic E-state index is 6.10. The Hall–Kier alpha value is -0.830. The first kappa shape index (κ1) is 12.6. The van der Waals surface area contributed by atoms with Crippen molar-refractivity contribution in [2.75, 3.05) is 6.61 Å². The molecule has 1 aliphatic carbocycles. The first-order valence-corrected chi connectivity index (χ1v) is 6.62. The number of halogens is 1. The maximum atomic E-state index is 6.10. The van der Waals surface area contributed by atoms with Crippen molar-refractivity contribution in [3.8, 4) is 5.88 Å². The molecule has 1 aromatic rings. The van der Waals surface area contributed by atoms with E-state index in [1.165, 1.54) is 12.8 Å². The van der Waals surface area contributed by atoms with Crippen LogP contribution in [-0.4, -0.2) is 16.6 Å². The van der Waals surface area contributed by atoms with Gasteiger partial charge in [-0.05, 0) is 32.1 Å². The Morgan fingerprint density at radius 2 is 2.06 bits per heavy atom. The Morgan fingerprint density at radius 3 is 2.65 bits per heavy atom. The Morgan fingerprint density at radius 1 is 1.35 bits per heavy atom. The normalized spacial score (nSPS) is 15.4. The summed E-state index contributed by atoms with van der Waals surface area (Å²) in [7, 11) is 0. The van der Waals surface area contributed by atoms with Crippen LogP contribution in [0.15, 0.2) is 0 Å². The van der Waals surface area contributed by atoms with Gasteiger partial charge in [-0.1, -0.05) is 25.4 Å². The molecule has 0 spiro atoms. The number of aromatic nitrogens is 2. The average molecular weight is 255 g/mol. The van der Waals surface area contributed by atoms with E-state index in [1.54, 1.807) is 0 Å². The van der Waals surface area contributed by atoms with Crippen molar-refractivity contribution >= 4 is 11.6 Å². The zero-order valence-electron chi connectivity index (χ0n) is 10.7. The van der Waals surface area contributed by atoms with E-state index in [0.29, 0.717) is 29.5 Å². The molecule has 2 rings (SSSR count). The quantitative estimate of drug-likeness (QED) is 0.751. The lowest BCUT2D eigenvalue weighted by atomic mass is 10.1. The van der Waals surface area contributed by atoms with Crippen LogP contribution in [0.4, 0.5) is 0 Å². The van der Waals surface area contributed by atoms with Crippen molar-refractivity contribution in [2.24, 2.45) is 5.92 Å². The van der Waals surface area contributed by atoms with Gasteiger partial charge in [-0.15, -0.1) is 0 Å². The first-order valence-electron chi connectivity index (χ1n) is 6.24. The summed E-state index contributed by atoms with van der Waals surface area (Å²) in [5.74, 6) is 2.64. The summed E-state index contributed by atoms with van der Waals surface area (Å²) in [5.41, 5.74) is 0.847. The van der Waals surface area contributed by atoms with Crippen LogP contribution in [0.25, 0.3) is 0 Å². The number of nitrogens with zero attached hydrogens (tertiary/aromatic N) is 2. The van der Waals surface area contributed by atoms with E-state index in [9.17, 15) is 0 Å². The van der Waals surface area contributed by atoms with E-state index < -0.39 is 0 Å². The van der Waals surface area contributed by atoms with Crippen molar-refractivity contribution < 1.29 is 4.74 Å². The molecule has 0 bridgehead atoms. The fraction of sp³-hybridized carbons (Fsp3) is 0.692. The first-order chi connectivity index (χ1) is 8.08. The van der Waals surface area contributed by atoms with E-state index >= 15 is 0 Å². The molecule has 94 valence electrons. The number of rotatable bonds is 5. The summed E-state index contributed by atoms with van der Waals surface area (Å²) in [4.78, 5) is 8.79. The lowest BCUT2D eigenvalue weighted by Crippen LogP contribution is -2.06. The second-order valence-corrected chi connectivity index (χ2v) is 5.47. The topological polar surface area (TPSA) is 35.0 Å². The number of hydrogen-bond donors (Lipinski definition) is 0. The van der Waals surface area contributed by atoms with Crippen LogP contribution in [0, 0.1) is 12.8 Å². The number of ether oxygens (including phenoxy) is 1. The second-order valence-electron chi connectivity index (χ2n) is 5.11. The van der Waals surface area contributed by atoms with E-state index in [1.807, 2.05) is 6.92 Å². The van der Waals surface area contributed by atoms with E-state index in [0.717, 1.165) is 17.8 Å². The minimum atomic E-state index is 0.501. The second kappa shape index (κ2) is 5.21. The van der Waals surface area contributed by atoms with Gasteiger partial charge in [0.25, 0.3) is 0 Å². The molecule has 0 aliphatic heterocycles. The Bertz CT molecular complexity index is 403. The van der Waals surface area contributed by atoms with Gasteiger partial charge in [0.2, 0.25) is 5.88 Å². The summed E-state index contributed by atoms with van der Waals surface area (Å²) < 4.78 is 5.71. The number of hydrogen-bond acceptors (Lipinski definition) is 3. The fourth-order valence-corrected chi connectivity index (χ4v) is 1.71. The lowest BCUT2D eigenvalue weighted by Gasteiger charge is -2.11. The summed E-state index contributed by atoms with van der Waals surface area (Å²) in [6.07, 6.45) is 3.37. The van der Waals surface area contributed by atoms with Gasteiger partial charge in [0.15, 0.2) is 0 Å². The molecule has 4 heteroatoms. The van der Waals surface area contributed by atoms with Crippen molar-refractivity contribution in [1.82, 2.24) is 9.97 Å². The smallest absolute Gasteiger partial charge is 0.221 e. The fourth-order valence-electron chi connectivity index (χ4n) is 1.54. The predicted molar refractivity (Wildman–Crippen MR) is 68.7 cm³/mol. The molecule has 0 amide bonds. The minimum absolute atomic E-state index is 0.501. The Kier molecular flexibility index (Phi) is 3.87. The lowest BCUT2D eigenvalue weighted by molar-refractivity contribution is 0.276. The van der Waals surface area contributed by atoms with Crippen LogP contribution in [0.3, 0.4) is 0 Å². The third-order valence-corrected chi connectivity index (χ3v) is 3.30. The molecule has 0 radical (unpaired) electrons. The summed E-state index contributed by atoms with van der Waals surface area (Å²) in [6.45, 7) is 6.96. The van der Waals surface area contributed by atoms with Crippen LogP contribution in [0.2, 0.25) is 5.15 Å². The highest BCUT2D eigenvalue weighted by Gasteiger charge is 2.28. The largest absolute Gasteiger partial charge is 0.477 e. The minimum Gasteiger partial charge on any atom is -0.477 e. The molecular formula is C13H19ClN2O. The summed E-state index contributed by atoms with van der Waals surface area (Å²) in [6, 6.07) is 0. The Labute approximate surface area is 108 Å². The van der Waals surface area contributed by atoms with Crippen LogP contribution in [0.5, 0.6) is 5.88 Å². The van der Waals surface area contributed by atoms with Gasteiger partial charge in [-0.2, -0.15) is 4.98 Å². The zero-order chi connectivity index (χ0) is 12.4. The van der Waals surface area contributed by atoms with Gasteiger partial charge in [0, 0.05) is 11.5 Å². The van der Waals surface area contributed by atoms with Crippen LogP contribution in [0.1, 0.15) is 50.4 Å². The molecule has 1 aliphatic rings. The van der Waals surface area contributed by atoms with Gasteiger partial charge >= 0.3 is 0 Å². The monoisotopic (exact) mass is 254 g/mol. The molecule has 1 saturated carbocycles. The molecule has 0 saturated heterocycles. The van der Waals surface area contributed by atoms with Crippen molar-refractivity contribution in [2.45, 2.75) is 46.0 Å². The van der Waals surface area contributed by atoms with Crippen molar-refractivity contribution in [3.05, 3.63) is 16.5 Å². The van der Waals surface area contributed by atoms with Crippen LogP contribution >= 0.6 is 11.6 Å². The molecule has 17 heavy (non-hydrogen) atoms. The van der Waals surface area contributed by atoms with Gasteiger partial charge in [-0.25, -0.2) is 4.98 Å². The van der Waals surface area contributed by atoms with E-state index in [4.69, 9.17) is 16.3 Å². The molecule has 0 N–H and O–H groups in total. The summed E-state index contributed by atoms with van der Waals surface area (Å²) in [5, 5.41) is 0.529. The van der Waals surface area contributed by atoms with Gasteiger partial charge < -0.3 is 4.74 Å². The zero-order valence-corrected chi connectivity index (χ0v) is 11.4. The highest BCUT2D eigenvalue weighted by Crippen LogP contribution is 2.39.